The molecule has 0 spiro atoms. The molecule has 0 aliphatic carbocycles. The number of nitrogens with one attached hydrogen (secondary N) is 1. The van der Waals surface area contributed by atoms with Crippen LogP contribution < -0.4 is 15.2 Å². The van der Waals surface area contributed by atoms with Crippen molar-refractivity contribution in [3.05, 3.63) is 66.2 Å². The van der Waals surface area contributed by atoms with Crippen molar-refractivity contribution < 1.29 is 18.7 Å². The summed E-state index contributed by atoms with van der Waals surface area (Å²) in [5, 5.41) is 3.46. The zero-order valence-electron chi connectivity index (χ0n) is 17.2. The summed E-state index contributed by atoms with van der Waals surface area (Å²) in [6.07, 6.45) is 4.73. The Morgan fingerprint density at radius 1 is 1.10 bits per heavy atom. The van der Waals surface area contributed by atoms with Crippen molar-refractivity contribution in [3.8, 4) is 5.75 Å². The number of pyridine rings is 1. The molecule has 0 radical (unpaired) electrons. The number of fused-ring (bicyclic) bond motifs is 1. The summed E-state index contributed by atoms with van der Waals surface area (Å²) in [4.78, 5) is 26.9. The third-order valence-corrected chi connectivity index (χ3v) is 4.75. The molecule has 1 N–H and O–H groups in total. The SMILES string of the molecule is CC1C(=O)NN(c2ccc(F)cc2)C1=O.CCCOc1ccc(C)c2cnccc12. The van der Waals surface area contributed by atoms with Gasteiger partial charge >= 0.3 is 0 Å². The van der Waals surface area contributed by atoms with Crippen molar-refractivity contribution >= 4 is 28.3 Å². The summed E-state index contributed by atoms with van der Waals surface area (Å²) in [6.45, 7) is 6.49. The monoisotopic (exact) mass is 409 g/mol. The fourth-order valence-corrected chi connectivity index (χ4v) is 2.99. The summed E-state index contributed by atoms with van der Waals surface area (Å²) in [6, 6.07) is 11.5. The van der Waals surface area contributed by atoms with Gasteiger partial charge in [-0.25, -0.2) is 9.40 Å². The molecule has 1 aromatic heterocycles. The van der Waals surface area contributed by atoms with E-state index in [0.717, 1.165) is 29.2 Å². The molecule has 2 aromatic carbocycles. The van der Waals surface area contributed by atoms with Crippen LogP contribution in [0.4, 0.5) is 10.1 Å². The van der Waals surface area contributed by atoms with E-state index in [4.69, 9.17) is 4.74 Å². The number of benzene rings is 2. The molecule has 2 heterocycles. The molecule has 1 aliphatic heterocycles. The highest BCUT2D eigenvalue weighted by Crippen LogP contribution is 2.27. The van der Waals surface area contributed by atoms with Crippen molar-refractivity contribution in [1.29, 1.82) is 0 Å². The minimum atomic E-state index is -0.685. The van der Waals surface area contributed by atoms with Crippen molar-refractivity contribution in [3.63, 3.8) is 0 Å². The van der Waals surface area contributed by atoms with Crippen molar-refractivity contribution in [2.24, 2.45) is 5.92 Å². The fourth-order valence-electron chi connectivity index (χ4n) is 2.99. The van der Waals surface area contributed by atoms with Gasteiger partial charge in [-0.05, 0) is 62.2 Å². The second-order valence-electron chi connectivity index (χ2n) is 7.00. The zero-order chi connectivity index (χ0) is 21.7. The Morgan fingerprint density at radius 3 is 2.47 bits per heavy atom. The molecule has 6 nitrogen and oxygen atoms in total. The van der Waals surface area contributed by atoms with Crippen LogP contribution in [-0.4, -0.2) is 23.4 Å². The van der Waals surface area contributed by atoms with Crippen molar-refractivity contribution in [2.45, 2.75) is 27.2 Å². The van der Waals surface area contributed by atoms with Crippen molar-refractivity contribution in [1.82, 2.24) is 10.4 Å². The Balaban J connectivity index is 0.000000171. The number of carbonyl (C=O) groups excluding carboxylic acids is 2. The van der Waals surface area contributed by atoms with E-state index in [1.165, 1.54) is 42.1 Å². The van der Waals surface area contributed by atoms with Gasteiger partial charge < -0.3 is 4.74 Å². The molecule has 156 valence electrons. The molecule has 0 saturated carbocycles. The maximum absolute atomic E-state index is 12.6. The highest BCUT2D eigenvalue weighted by molar-refractivity contribution is 6.14. The molecule has 2 amide bonds. The van der Waals surface area contributed by atoms with Gasteiger partial charge in [0.1, 0.15) is 17.5 Å². The molecule has 1 unspecified atom stereocenters. The molecule has 1 aliphatic rings. The second-order valence-corrected chi connectivity index (χ2v) is 7.00. The van der Waals surface area contributed by atoms with E-state index in [1.54, 1.807) is 6.20 Å². The fraction of sp³-hybridized carbons (Fsp3) is 0.261. The number of ether oxygens (including phenoxy) is 1. The van der Waals surface area contributed by atoms with E-state index < -0.39 is 5.92 Å². The largest absolute Gasteiger partial charge is 0.493 e. The quantitative estimate of drug-likeness (QED) is 0.657. The van der Waals surface area contributed by atoms with Gasteiger partial charge in [0.2, 0.25) is 0 Å². The Bertz CT molecular complexity index is 1050. The molecule has 4 rings (SSSR count). The first-order chi connectivity index (χ1) is 14.4. The lowest BCUT2D eigenvalue weighted by Gasteiger charge is -2.14. The molecule has 30 heavy (non-hydrogen) atoms. The lowest BCUT2D eigenvalue weighted by atomic mass is 10.1. The Morgan fingerprint density at radius 2 is 1.83 bits per heavy atom. The molecule has 1 saturated heterocycles. The Hall–Kier alpha value is -3.48. The maximum atomic E-state index is 12.6. The summed E-state index contributed by atoms with van der Waals surface area (Å²) >= 11 is 0. The van der Waals surface area contributed by atoms with Gasteiger partial charge in [0.25, 0.3) is 11.8 Å². The predicted octanol–water partition coefficient (Wildman–Crippen LogP) is 4.17. The van der Waals surface area contributed by atoms with Gasteiger partial charge in [-0.15, -0.1) is 0 Å². The van der Waals surface area contributed by atoms with Crippen LogP contribution in [0.2, 0.25) is 0 Å². The summed E-state index contributed by atoms with van der Waals surface area (Å²) in [7, 11) is 0. The number of nitrogens with zero attached hydrogens (tertiary/aromatic N) is 2. The number of halogens is 1. The molecular weight excluding hydrogens is 385 g/mol. The van der Waals surface area contributed by atoms with E-state index in [2.05, 4.69) is 30.3 Å². The van der Waals surface area contributed by atoms with Crippen LogP contribution in [0, 0.1) is 18.7 Å². The van der Waals surface area contributed by atoms with Crippen LogP contribution >= 0.6 is 0 Å². The summed E-state index contributed by atoms with van der Waals surface area (Å²) in [5.74, 6) is -0.782. The number of hydrogen-bond acceptors (Lipinski definition) is 4. The average molecular weight is 409 g/mol. The zero-order valence-corrected chi connectivity index (χ0v) is 17.2. The number of carbonyl (C=O) groups is 2. The molecule has 7 heteroatoms. The van der Waals surface area contributed by atoms with Gasteiger partial charge in [0.05, 0.1) is 12.3 Å². The van der Waals surface area contributed by atoms with E-state index >= 15 is 0 Å². The van der Waals surface area contributed by atoms with Crippen LogP contribution in [0.3, 0.4) is 0 Å². The number of aromatic nitrogens is 1. The van der Waals surface area contributed by atoms with Crippen LogP contribution in [0.25, 0.3) is 10.8 Å². The van der Waals surface area contributed by atoms with Crippen LogP contribution in [-0.2, 0) is 9.59 Å². The first-order valence-electron chi connectivity index (χ1n) is 9.78. The van der Waals surface area contributed by atoms with Gasteiger partial charge in [0.15, 0.2) is 0 Å². The highest BCUT2D eigenvalue weighted by Gasteiger charge is 2.36. The van der Waals surface area contributed by atoms with Gasteiger partial charge in [-0.3, -0.25) is 20.0 Å². The number of amides is 2. The second kappa shape index (κ2) is 9.35. The minimum absolute atomic E-state index is 0.327. The average Bonchev–Trinajstić information content (AvgIpc) is 3.02. The third kappa shape index (κ3) is 4.56. The molecular formula is C23H24FN3O3. The number of hydrogen-bond donors (Lipinski definition) is 1. The highest BCUT2D eigenvalue weighted by atomic mass is 19.1. The Kier molecular flexibility index (Phi) is 6.61. The summed E-state index contributed by atoms with van der Waals surface area (Å²) < 4.78 is 18.3. The lowest BCUT2D eigenvalue weighted by molar-refractivity contribution is -0.126. The summed E-state index contributed by atoms with van der Waals surface area (Å²) in [5.41, 5.74) is 4.11. The molecule has 1 fully saturated rings. The normalized spacial score (nSPS) is 15.6. The maximum Gasteiger partial charge on any atom is 0.258 e. The van der Waals surface area contributed by atoms with Crippen LogP contribution in [0.1, 0.15) is 25.8 Å². The number of hydrazine groups is 1. The number of aryl methyl sites for hydroxylation is 1. The smallest absolute Gasteiger partial charge is 0.258 e. The first kappa shape index (κ1) is 21.2. The molecule has 3 aromatic rings. The lowest BCUT2D eigenvalue weighted by Crippen LogP contribution is -2.35. The number of anilines is 1. The molecule has 0 bridgehead atoms. The third-order valence-electron chi connectivity index (χ3n) is 4.75. The van der Waals surface area contributed by atoms with E-state index in [9.17, 15) is 14.0 Å². The van der Waals surface area contributed by atoms with Gasteiger partial charge in [0, 0.05) is 23.2 Å². The van der Waals surface area contributed by atoms with Gasteiger partial charge in [-0.2, -0.15) is 0 Å². The van der Waals surface area contributed by atoms with Crippen LogP contribution in [0.5, 0.6) is 5.75 Å². The standard InChI is InChI=1S/C13H15NO.C10H9FN2O2/c1-3-8-15-13-5-4-10(2)12-9-14-7-6-11(12)13;1-6-9(14)12-13(10(6)15)8-4-2-7(11)3-5-8/h4-7,9H,3,8H2,1-2H3;2-6H,1H3,(H,12,14). The first-order valence-corrected chi connectivity index (χ1v) is 9.78. The molecule has 1 atom stereocenters. The van der Waals surface area contributed by atoms with Crippen LogP contribution in [0.15, 0.2) is 54.9 Å². The van der Waals surface area contributed by atoms with E-state index in [1.807, 2.05) is 18.3 Å². The Labute approximate surface area is 174 Å². The topological polar surface area (TPSA) is 71.5 Å². The number of rotatable bonds is 4. The van der Waals surface area contributed by atoms with Crippen molar-refractivity contribution in [2.75, 3.05) is 11.6 Å². The van der Waals surface area contributed by atoms with E-state index in [0.29, 0.717) is 5.69 Å². The van der Waals surface area contributed by atoms with E-state index in [-0.39, 0.29) is 17.6 Å². The van der Waals surface area contributed by atoms with Gasteiger partial charge in [-0.1, -0.05) is 13.0 Å². The predicted molar refractivity (Wildman–Crippen MR) is 113 cm³/mol. The minimum Gasteiger partial charge on any atom is -0.493 e.